The van der Waals surface area contributed by atoms with Gasteiger partial charge in [-0.3, -0.25) is 0 Å². The van der Waals surface area contributed by atoms with Crippen molar-refractivity contribution in [2.45, 2.75) is 141 Å². The van der Waals surface area contributed by atoms with Gasteiger partial charge in [0.2, 0.25) is 0 Å². The van der Waals surface area contributed by atoms with Crippen LogP contribution in [0.15, 0.2) is 66.7 Å². The van der Waals surface area contributed by atoms with Crippen molar-refractivity contribution in [2.24, 2.45) is 0 Å². The molecule has 0 aliphatic carbocycles. The third-order valence-electron chi connectivity index (χ3n) is 5.91. The molecule has 0 atom stereocenters. The Morgan fingerprint density at radius 2 is 1.12 bits per heavy atom. The molecule has 3 N–H and O–H groups in total. The lowest BCUT2D eigenvalue weighted by atomic mass is 10.0. The molecule has 0 radical (unpaired) electrons. The number of nitrogens with one attached hydrogen (secondary N) is 3. The van der Waals surface area contributed by atoms with Crippen LogP contribution in [0, 0.1) is 5.82 Å². The highest BCUT2D eigenvalue weighted by Gasteiger charge is 2.12. The molecule has 3 aromatic carbocycles. The number of para-hydroxylation sites is 2. The SMILES string of the molecule is CCC.CCC.CCC.CCC.CCC.CCC.CN1CCNc2ccc(F)cc21.c1ccc2c(c1)CCCN2.c1ccc2c(c1)CNCCO2. The van der Waals surface area contributed by atoms with Gasteiger partial charge in [0.05, 0.1) is 11.4 Å². The molecule has 0 aromatic heterocycles. The smallest absolute Gasteiger partial charge is 0.125 e. The van der Waals surface area contributed by atoms with Crippen LogP contribution < -0.4 is 25.6 Å². The molecule has 294 valence electrons. The first-order valence-electron chi connectivity index (χ1n) is 20.2. The molecule has 3 aliphatic heterocycles. The third-order valence-corrected chi connectivity index (χ3v) is 5.91. The van der Waals surface area contributed by atoms with E-state index in [0.717, 1.165) is 56.5 Å². The molecule has 3 aromatic rings. The van der Waals surface area contributed by atoms with E-state index in [1.807, 2.05) is 25.2 Å². The zero-order chi connectivity index (χ0) is 39.1. The van der Waals surface area contributed by atoms with Crippen LogP contribution in [0.5, 0.6) is 5.75 Å². The van der Waals surface area contributed by atoms with Gasteiger partial charge in [0, 0.05) is 51.0 Å². The summed E-state index contributed by atoms with van der Waals surface area (Å²) in [6.45, 7) is 31.1. The van der Waals surface area contributed by atoms with Gasteiger partial charge in [-0.15, -0.1) is 0 Å². The van der Waals surface area contributed by atoms with Crippen molar-refractivity contribution in [3.8, 4) is 5.75 Å². The molecule has 6 rings (SSSR count). The predicted molar refractivity (Wildman–Crippen MR) is 231 cm³/mol. The van der Waals surface area contributed by atoms with Crippen molar-refractivity contribution in [3.05, 3.63) is 83.7 Å². The van der Waals surface area contributed by atoms with Gasteiger partial charge in [-0.05, 0) is 48.7 Å². The summed E-state index contributed by atoms with van der Waals surface area (Å²) >= 11 is 0. The molecule has 0 saturated heterocycles. The second-order valence-corrected chi connectivity index (χ2v) is 12.6. The summed E-state index contributed by atoms with van der Waals surface area (Å²) in [5.41, 5.74) is 6.01. The van der Waals surface area contributed by atoms with Gasteiger partial charge in [0.25, 0.3) is 0 Å². The van der Waals surface area contributed by atoms with Crippen LogP contribution in [0.3, 0.4) is 0 Å². The highest BCUT2D eigenvalue weighted by atomic mass is 19.1. The largest absolute Gasteiger partial charge is 0.492 e. The molecule has 6 heteroatoms. The van der Waals surface area contributed by atoms with E-state index >= 15 is 0 Å². The Hall–Kier alpha value is -3.25. The maximum absolute atomic E-state index is 12.8. The molecule has 3 aliphatic rings. The average Bonchev–Trinajstić information content (AvgIpc) is 3.37. The van der Waals surface area contributed by atoms with Crippen LogP contribution in [-0.2, 0) is 13.0 Å². The molecule has 0 amide bonds. The summed E-state index contributed by atoms with van der Waals surface area (Å²) in [4.78, 5) is 2.05. The average molecular weight is 713 g/mol. The van der Waals surface area contributed by atoms with E-state index < -0.39 is 0 Å². The van der Waals surface area contributed by atoms with E-state index in [-0.39, 0.29) is 5.82 Å². The molecule has 0 fully saturated rings. The van der Waals surface area contributed by atoms with Crippen LogP contribution >= 0.6 is 0 Å². The second kappa shape index (κ2) is 39.5. The van der Waals surface area contributed by atoms with Gasteiger partial charge < -0.3 is 25.6 Å². The maximum Gasteiger partial charge on any atom is 0.125 e. The standard InChI is InChI=1S/C9H11FN2.C9H11NO.C9H11N.6C3H8/c1-12-5-4-11-8-3-2-7(10)6-9(8)12;1-2-4-9-8(3-1)7-10-5-6-11-9;1-2-6-9-8(4-1)5-3-7-10-9;6*1-3-2/h2-3,6,11H,4-5H2,1H3;1-4,10H,5-7H2;1-2,4,6,10H,3,5,7H2;6*3H2,1-2H3. The number of hydrogen-bond acceptors (Lipinski definition) is 5. The van der Waals surface area contributed by atoms with Crippen molar-refractivity contribution < 1.29 is 9.13 Å². The lowest BCUT2D eigenvalue weighted by Crippen LogP contribution is -2.30. The van der Waals surface area contributed by atoms with E-state index in [1.54, 1.807) is 12.1 Å². The number of hydrogen-bond donors (Lipinski definition) is 3. The zero-order valence-electron chi connectivity index (χ0n) is 35.5. The quantitative estimate of drug-likeness (QED) is 0.217. The van der Waals surface area contributed by atoms with Crippen LogP contribution in [0.1, 0.15) is 139 Å². The van der Waals surface area contributed by atoms with Gasteiger partial charge in [-0.25, -0.2) is 4.39 Å². The Bertz CT molecular complexity index is 1080. The van der Waals surface area contributed by atoms with E-state index in [1.165, 1.54) is 74.2 Å². The number of aryl methyl sites for hydroxylation is 1. The van der Waals surface area contributed by atoms with Crippen molar-refractivity contribution in [3.63, 3.8) is 0 Å². The summed E-state index contributed by atoms with van der Waals surface area (Å²) in [5, 5.41) is 9.85. The molecule has 51 heavy (non-hydrogen) atoms. The Morgan fingerprint density at radius 3 is 1.69 bits per heavy atom. The number of fused-ring (bicyclic) bond motifs is 3. The van der Waals surface area contributed by atoms with Crippen LogP contribution in [0.4, 0.5) is 21.5 Å². The van der Waals surface area contributed by atoms with Gasteiger partial charge in [-0.1, -0.05) is 158 Å². The Balaban J connectivity index is -0.000000553. The minimum Gasteiger partial charge on any atom is -0.492 e. The first-order valence-corrected chi connectivity index (χ1v) is 20.2. The number of rotatable bonds is 0. The summed E-state index contributed by atoms with van der Waals surface area (Å²) in [7, 11) is 1.97. The lowest BCUT2D eigenvalue weighted by Gasteiger charge is -2.28. The molecule has 3 heterocycles. The summed E-state index contributed by atoms with van der Waals surface area (Å²) < 4.78 is 18.3. The minimum absolute atomic E-state index is 0.177. The van der Waals surface area contributed by atoms with Crippen molar-refractivity contribution in [1.29, 1.82) is 0 Å². The third kappa shape index (κ3) is 29.1. The van der Waals surface area contributed by atoms with Crippen LogP contribution in [-0.4, -0.2) is 39.8 Å². The van der Waals surface area contributed by atoms with Gasteiger partial charge >= 0.3 is 0 Å². The van der Waals surface area contributed by atoms with E-state index in [2.05, 4.69) is 134 Å². The first kappa shape index (κ1) is 52.1. The molecular weight excluding hydrogens is 632 g/mol. The van der Waals surface area contributed by atoms with Crippen LogP contribution in [0.25, 0.3) is 0 Å². The number of benzene rings is 3. The number of nitrogens with zero attached hydrogens (tertiary/aromatic N) is 1. The summed E-state index contributed by atoms with van der Waals surface area (Å²) in [6.07, 6.45) is 10.0. The molecule has 0 bridgehead atoms. The number of halogens is 1. The monoisotopic (exact) mass is 713 g/mol. The molecular formula is C45H81FN4O. The Kier molecular flexibility index (Phi) is 40.4. The van der Waals surface area contributed by atoms with Gasteiger partial charge in [-0.2, -0.15) is 0 Å². The lowest BCUT2D eigenvalue weighted by molar-refractivity contribution is 0.326. The van der Waals surface area contributed by atoms with Crippen molar-refractivity contribution in [2.75, 3.05) is 55.4 Å². The number of ether oxygens (including phenoxy) is 1. The zero-order valence-corrected chi connectivity index (χ0v) is 35.5. The normalized spacial score (nSPS) is 12.3. The Labute approximate surface area is 316 Å². The number of anilines is 3. The summed E-state index contributed by atoms with van der Waals surface area (Å²) in [6, 6.07) is 21.5. The van der Waals surface area contributed by atoms with Crippen molar-refractivity contribution >= 4 is 17.1 Å². The van der Waals surface area contributed by atoms with Crippen LogP contribution in [0.2, 0.25) is 0 Å². The predicted octanol–water partition coefficient (Wildman–Crippen LogP) is 13.4. The van der Waals surface area contributed by atoms with Gasteiger partial charge in [0.1, 0.15) is 18.2 Å². The number of likely N-dealkylation sites (N-methyl/N-ethyl adjacent to an activating group) is 1. The maximum atomic E-state index is 12.8. The fraction of sp³-hybridized carbons (Fsp3) is 0.600. The Morgan fingerprint density at radius 1 is 0.608 bits per heavy atom. The minimum atomic E-state index is -0.177. The fourth-order valence-electron chi connectivity index (χ4n) is 4.11. The second-order valence-electron chi connectivity index (χ2n) is 12.6. The van der Waals surface area contributed by atoms with E-state index in [9.17, 15) is 4.39 Å². The first-order chi connectivity index (χ1) is 24.7. The van der Waals surface area contributed by atoms with E-state index in [0.29, 0.717) is 0 Å². The molecule has 0 spiro atoms. The fourth-order valence-corrected chi connectivity index (χ4v) is 4.11. The topological polar surface area (TPSA) is 48.6 Å². The highest BCUT2D eigenvalue weighted by molar-refractivity contribution is 5.71. The van der Waals surface area contributed by atoms with Crippen molar-refractivity contribution in [1.82, 2.24) is 5.32 Å². The van der Waals surface area contributed by atoms with Gasteiger partial charge in [0.15, 0.2) is 0 Å². The molecule has 0 unspecified atom stereocenters. The summed E-state index contributed by atoms with van der Waals surface area (Å²) in [5.74, 6) is 0.849. The van der Waals surface area contributed by atoms with E-state index in [4.69, 9.17) is 4.74 Å². The molecule has 0 saturated carbocycles. The highest BCUT2D eigenvalue weighted by Crippen LogP contribution is 2.28. The molecule has 5 nitrogen and oxygen atoms in total.